The zero-order valence-electron chi connectivity index (χ0n) is 12.4. The van der Waals surface area contributed by atoms with Crippen molar-refractivity contribution < 1.29 is 9.52 Å². The number of aromatic hydroxyl groups is 1. The third kappa shape index (κ3) is 2.44. The van der Waals surface area contributed by atoms with Crippen molar-refractivity contribution >= 4 is 45.7 Å². The van der Waals surface area contributed by atoms with Gasteiger partial charge in [0.15, 0.2) is 11.6 Å². The van der Waals surface area contributed by atoms with Crippen LogP contribution in [0.5, 0.6) is 5.75 Å². The fourth-order valence-electron chi connectivity index (χ4n) is 2.81. The van der Waals surface area contributed by atoms with E-state index in [1.807, 2.05) is 41.1 Å². The molecule has 1 aliphatic carbocycles. The minimum Gasteiger partial charge on any atom is -0.508 e. The van der Waals surface area contributed by atoms with Crippen molar-refractivity contribution in [3.63, 3.8) is 0 Å². The van der Waals surface area contributed by atoms with Gasteiger partial charge in [-0.15, -0.1) is 0 Å². The Bertz CT molecular complexity index is 1040. The first-order chi connectivity index (χ1) is 11.7. The second kappa shape index (κ2) is 5.90. The molecule has 0 saturated carbocycles. The molecule has 0 saturated heterocycles. The maximum atomic E-state index is 12.4. The van der Waals surface area contributed by atoms with E-state index in [0.717, 1.165) is 12.0 Å². The van der Waals surface area contributed by atoms with E-state index < -0.39 is 5.63 Å². The van der Waals surface area contributed by atoms with Crippen LogP contribution in [0.25, 0.3) is 28.4 Å². The van der Waals surface area contributed by atoms with E-state index in [1.165, 1.54) is 0 Å². The molecule has 2 aromatic heterocycles. The van der Waals surface area contributed by atoms with Gasteiger partial charge in [0, 0.05) is 17.5 Å². The van der Waals surface area contributed by atoms with Crippen LogP contribution in [0.3, 0.4) is 0 Å². The predicted octanol–water partition coefficient (Wildman–Crippen LogP) is 3.68. The second-order valence-corrected chi connectivity index (χ2v) is 5.97. The molecule has 0 unspecified atom stereocenters. The molecule has 6 nitrogen and oxygen atoms in total. The van der Waals surface area contributed by atoms with E-state index in [4.69, 9.17) is 4.42 Å². The van der Waals surface area contributed by atoms with Gasteiger partial charge in [0.2, 0.25) is 0 Å². The van der Waals surface area contributed by atoms with E-state index in [2.05, 4.69) is 13.5 Å². The fourth-order valence-corrected chi connectivity index (χ4v) is 3.20. The van der Waals surface area contributed by atoms with Gasteiger partial charge < -0.3 is 13.1 Å². The summed E-state index contributed by atoms with van der Waals surface area (Å²) in [7, 11) is 0. The van der Waals surface area contributed by atoms with Crippen LogP contribution < -0.4 is 9.16 Å². The highest BCUT2D eigenvalue weighted by Crippen LogP contribution is 2.30. The van der Waals surface area contributed by atoms with Gasteiger partial charge in [0.1, 0.15) is 16.9 Å². The molecule has 2 N–H and O–H groups in total. The second-order valence-electron chi connectivity index (χ2n) is 5.43. The Balaban J connectivity index is 2.09. The first-order valence-corrected chi connectivity index (χ1v) is 8.45. The van der Waals surface area contributed by atoms with Crippen molar-refractivity contribution in [1.29, 1.82) is 0 Å². The molecule has 0 atom stereocenters. The van der Waals surface area contributed by atoms with Crippen LogP contribution >= 0.6 is 22.9 Å². The average Bonchev–Trinajstić information content (AvgIpc) is 2.61. The van der Waals surface area contributed by atoms with Crippen molar-refractivity contribution in [2.24, 2.45) is 0 Å². The molecule has 0 bridgehead atoms. The number of anilines is 1. The number of benzene rings is 1. The molecule has 4 rings (SSSR count). The highest BCUT2D eigenvalue weighted by atomic mass is 127. The molecule has 0 fully saturated rings. The van der Waals surface area contributed by atoms with Gasteiger partial charge in [0.25, 0.3) is 0 Å². The summed E-state index contributed by atoms with van der Waals surface area (Å²) in [5.41, 5.74) is 1.60. The highest BCUT2D eigenvalue weighted by Gasteiger charge is 2.20. The molecule has 0 amide bonds. The van der Waals surface area contributed by atoms with Gasteiger partial charge in [-0.2, -0.15) is 0 Å². The number of hydrogen-bond acceptors (Lipinski definition) is 6. The quantitative estimate of drug-likeness (QED) is 0.474. The number of halogens is 1. The maximum Gasteiger partial charge on any atom is 0.349 e. The Labute approximate surface area is 150 Å². The zero-order valence-corrected chi connectivity index (χ0v) is 14.6. The van der Waals surface area contributed by atoms with Crippen LogP contribution in [0.4, 0.5) is 5.82 Å². The largest absolute Gasteiger partial charge is 0.508 e. The number of phenols is 1. The molecule has 1 aromatic carbocycles. The van der Waals surface area contributed by atoms with Crippen LogP contribution in [0.15, 0.2) is 39.6 Å². The first-order valence-electron chi connectivity index (χ1n) is 7.37. The number of allylic oxidation sites excluding steroid dienone is 1. The lowest BCUT2D eigenvalue weighted by Gasteiger charge is -2.13. The van der Waals surface area contributed by atoms with E-state index in [1.54, 1.807) is 18.2 Å². The number of phenolic OH excluding ortho intramolecular Hbond substituents is 1. The maximum absolute atomic E-state index is 12.4. The van der Waals surface area contributed by atoms with Gasteiger partial charge in [-0.25, -0.2) is 14.8 Å². The summed E-state index contributed by atoms with van der Waals surface area (Å²) in [6, 6.07) is 6.71. The molecule has 0 aliphatic heterocycles. The number of hydrogen-bond donors (Lipinski definition) is 2. The van der Waals surface area contributed by atoms with Crippen LogP contribution in [0.1, 0.15) is 17.7 Å². The van der Waals surface area contributed by atoms with Crippen molar-refractivity contribution in [3.8, 4) is 17.1 Å². The molecule has 0 spiro atoms. The molecular formula is C17H12IN3O3. The number of fused-ring (bicyclic) bond motifs is 3. The van der Waals surface area contributed by atoms with Gasteiger partial charge in [-0.1, -0.05) is 24.3 Å². The Morgan fingerprint density at radius 2 is 2.17 bits per heavy atom. The van der Waals surface area contributed by atoms with E-state index in [9.17, 15) is 9.90 Å². The summed E-state index contributed by atoms with van der Waals surface area (Å²) >= 11 is 1.93. The number of aromatic nitrogens is 2. The minimum absolute atomic E-state index is 0.134. The van der Waals surface area contributed by atoms with Crippen molar-refractivity contribution in [1.82, 2.24) is 9.97 Å². The van der Waals surface area contributed by atoms with Crippen LogP contribution in [0.2, 0.25) is 0 Å². The number of nitrogens with one attached hydrogen (secondary N) is 1. The summed E-state index contributed by atoms with van der Waals surface area (Å²) in [4.78, 5) is 21.4. The molecule has 2 heterocycles. The first kappa shape index (κ1) is 15.1. The lowest BCUT2D eigenvalue weighted by atomic mass is 10.0. The van der Waals surface area contributed by atoms with Crippen LogP contribution in [-0.2, 0) is 6.42 Å². The topological polar surface area (TPSA) is 88.2 Å². The molecule has 120 valence electrons. The lowest BCUT2D eigenvalue weighted by molar-refractivity contribution is 0.464. The van der Waals surface area contributed by atoms with Crippen LogP contribution in [-0.4, -0.2) is 15.1 Å². The highest BCUT2D eigenvalue weighted by molar-refractivity contribution is 14.1. The fraction of sp³-hybridized carbons (Fsp3) is 0.118. The number of aryl methyl sites for hydroxylation is 1. The van der Waals surface area contributed by atoms with Gasteiger partial charge in [-0.05, 0) is 18.6 Å². The van der Waals surface area contributed by atoms with Gasteiger partial charge in [-0.3, -0.25) is 0 Å². The number of rotatable bonds is 2. The SMILES string of the molecule is O=c1oc2c(c3nc(-c4cccc(O)c4)nc(NI)c13)C=CCC2. The number of nitrogens with zero attached hydrogens (tertiary/aromatic N) is 2. The normalized spacial score (nSPS) is 13.0. The Hall–Kier alpha value is -2.42. The van der Waals surface area contributed by atoms with Crippen molar-refractivity contribution in [2.45, 2.75) is 12.8 Å². The molecule has 0 radical (unpaired) electrons. The lowest BCUT2D eigenvalue weighted by Crippen LogP contribution is -2.11. The summed E-state index contributed by atoms with van der Waals surface area (Å²) in [6.45, 7) is 0. The average molecular weight is 433 g/mol. The van der Waals surface area contributed by atoms with E-state index >= 15 is 0 Å². The molecule has 24 heavy (non-hydrogen) atoms. The molecular weight excluding hydrogens is 421 g/mol. The Morgan fingerprint density at radius 1 is 1.29 bits per heavy atom. The standard InChI is InChI=1S/C17H12IN3O3/c18-21-16-13-14(11-6-1-2-7-12(11)24-17(13)23)19-15(20-16)9-4-3-5-10(22)8-9/h1,3-6,8,22H,2,7H2,(H,19,20,21). The van der Waals surface area contributed by atoms with Crippen molar-refractivity contribution in [2.75, 3.05) is 3.53 Å². The monoisotopic (exact) mass is 433 g/mol. The summed E-state index contributed by atoms with van der Waals surface area (Å²) < 4.78 is 8.36. The van der Waals surface area contributed by atoms with E-state index in [0.29, 0.717) is 40.3 Å². The predicted molar refractivity (Wildman–Crippen MR) is 100 cm³/mol. The molecule has 1 aliphatic rings. The Kier molecular flexibility index (Phi) is 3.72. The summed E-state index contributed by atoms with van der Waals surface area (Å²) in [5.74, 6) is 1.61. The minimum atomic E-state index is -0.444. The van der Waals surface area contributed by atoms with Gasteiger partial charge >= 0.3 is 5.63 Å². The van der Waals surface area contributed by atoms with Gasteiger partial charge in [0.05, 0.1) is 28.4 Å². The van der Waals surface area contributed by atoms with Crippen molar-refractivity contribution in [3.05, 3.63) is 52.1 Å². The summed E-state index contributed by atoms with van der Waals surface area (Å²) in [6.07, 6.45) is 5.48. The molecule has 3 aromatic rings. The van der Waals surface area contributed by atoms with E-state index in [-0.39, 0.29) is 5.75 Å². The third-order valence-corrected chi connectivity index (χ3v) is 4.41. The zero-order chi connectivity index (χ0) is 16.7. The summed E-state index contributed by atoms with van der Waals surface area (Å²) in [5, 5.41) is 10.0. The third-order valence-electron chi connectivity index (χ3n) is 3.90. The Morgan fingerprint density at radius 3 is 2.96 bits per heavy atom. The smallest absolute Gasteiger partial charge is 0.349 e. The molecule has 7 heteroatoms. The van der Waals surface area contributed by atoms with Crippen LogP contribution in [0, 0.1) is 0 Å².